The zero-order chi connectivity index (χ0) is 14.1. The molecule has 0 spiro atoms. The van der Waals surface area contributed by atoms with Gasteiger partial charge in [0.25, 0.3) is 0 Å². The second kappa shape index (κ2) is 6.11. The molecule has 3 rings (SSSR count). The number of benzene rings is 1. The molecule has 21 heavy (non-hydrogen) atoms. The Kier molecular flexibility index (Phi) is 4.45. The van der Waals surface area contributed by atoms with Crippen LogP contribution < -0.4 is 5.73 Å². The van der Waals surface area contributed by atoms with Crippen LogP contribution in [0.4, 0.5) is 0 Å². The molecule has 1 amide bonds. The van der Waals surface area contributed by atoms with Crippen LogP contribution in [-0.4, -0.2) is 20.4 Å². The summed E-state index contributed by atoms with van der Waals surface area (Å²) in [6.07, 6.45) is 1.65. The maximum atomic E-state index is 11.3. The Hall–Kier alpha value is -2.11. The van der Waals surface area contributed by atoms with Crippen LogP contribution in [0.15, 0.2) is 42.6 Å². The lowest BCUT2D eigenvalue weighted by Gasteiger charge is -2.07. The van der Waals surface area contributed by atoms with Gasteiger partial charge in [-0.05, 0) is 24.3 Å². The van der Waals surface area contributed by atoms with E-state index in [-0.39, 0.29) is 19.0 Å². The summed E-state index contributed by atoms with van der Waals surface area (Å²) < 4.78 is 1.68. The van der Waals surface area contributed by atoms with Crippen LogP contribution in [0.5, 0.6) is 0 Å². The Morgan fingerprint density at radius 2 is 2.00 bits per heavy atom. The Morgan fingerprint density at radius 3 is 2.71 bits per heavy atom. The van der Waals surface area contributed by atoms with Gasteiger partial charge in [0.2, 0.25) is 5.91 Å². The molecule has 5 nitrogen and oxygen atoms in total. The van der Waals surface area contributed by atoms with Crippen molar-refractivity contribution in [2.75, 3.05) is 0 Å². The number of nitrogens with zero attached hydrogens (tertiary/aromatic N) is 3. The quantitative estimate of drug-likeness (QED) is 0.805. The van der Waals surface area contributed by atoms with E-state index in [2.05, 4.69) is 9.97 Å². The van der Waals surface area contributed by atoms with Crippen molar-refractivity contribution >= 4 is 41.1 Å². The molecule has 0 aliphatic rings. The van der Waals surface area contributed by atoms with Gasteiger partial charge in [-0.15, -0.1) is 12.4 Å². The molecular formula is C14H12Cl2N4O. The zero-order valence-electron chi connectivity index (χ0n) is 10.9. The number of amides is 1. The number of nitrogens with two attached hydrogens (primary N) is 1. The summed E-state index contributed by atoms with van der Waals surface area (Å²) in [5, 5.41) is 0.563. The highest BCUT2D eigenvalue weighted by atomic mass is 35.5. The van der Waals surface area contributed by atoms with Gasteiger partial charge >= 0.3 is 0 Å². The van der Waals surface area contributed by atoms with Crippen molar-refractivity contribution in [3.05, 3.63) is 47.6 Å². The van der Waals surface area contributed by atoms with Crippen LogP contribution in [0, 0.1) is 0 Å². The third-order valence-corrected chi connectivity index (χ3v) is 3.26. The van der Waals surface area contributed by atoms with E-state index < -0.39 is 5.91 Å². The van der Waals surface area contributed by atoms with Gasteiger partial charge in [0.05, 0.1) is 5.02 Å². The Morgan fingerprint density at radius 1 is 1.24 bits per heavy atom. The summed E-state index contributed by atoms with van der Waals surface area (Å²) in [6, 6.07) is 11.0. The van der Waals surface area contributed by atoms with E-state index in [1.165, 1.54) is 0 Å². The molecule has 2 N–H and O–H groups in total. The highest BCUT2D eigenvalue weighted by molar-refractivity contribution is 6.33. The fourth-order valence-corrected chi connectivity index (χ4v) is 2.33. The van der Waals surface area contributed by atoms with Gasteiger partial charge in [0, 0.05) is 11.8 Å². The lowest BCUT2D eigenvalue weighted by atomic mass is 10.2. The van der Waals surface area contributed by atoms with Crippen LogP contribution in [0.2, 0.25) is 5.02 Å². The monoisotopic (exact) mass is 322 g/mol. The first kappa shape index (κ1) is 15.3. The standard InChI is InChI=1S/C14H11ClN4O.ClH/c15-10-5-2-1-4-9(10)13-18-11-6-3-7-17-14(11)19(13)8-12(16)20;/h1-7H,8H2,(H2,16,20);1H. The molecule has 7 heteroatoms. The second-order valence-electron chi connectivity index (χ2n) is 4.31. The molecule has 0 saturated carbocycles. The molecule has 0 aliphatic heterocycles. The first-order valence-corrected chi connectivity index (χ1v) is 6.39. The fourth-order valence-electron chi connectivity index (χ4n) is 2.11. The van der Waals surface area contributed by atoms with Crippen molar-refractivity contribution in [2.45, 2.75) is 6.54 Å². The molecule has 0 radical (unpaired) electrons. The minimum Gasteiger partial charge on any atom is -0.368 e. The van der Waals surface area contributed by atoms with Gasteiger partial charge in [-0.2, -0.15) is 0 Å². The number of fused-ring (bicyclic) bond motifs is 1. The zero-order valence-corrected chi connectivity index (χ0v) is 12.4. The molecule has 108 valence electrons. The van der Waals surface area contributed by atoms with Gasteiger partial charge in [0.15, 0.2) is 5.65 Å². The summed E-state index contributed by atoms with van der Waals surface area (Å²) in [5.74, 6) is 0.131. The summed E-state index contributed by atoms with van der Waals surface area (Å²) in [6.45, 7) is 0.00801. The molecule has 3 aromatic rings. The molecule has 0 bridgehead atoms. The lowest BCUT2D eigenvalue weighted by molar-refractivity contribution is -0.118. The lowest BCUT2D eigenvalue weighted by Crippen LogP contribution is -2.19. The van der Waals surface area contributed by atoms with E-state index >= 15 is 0 Å². The Balaban J connectivity index is 0.00000161. The third kappa shape index (κ3) is 2.84. The topological polar surface area (TPSA) is 73.8 Å². The first-order valence-electron chi connectivity index (χ1n) is 6.01. The van der Waals surface area contributed by atoms with Gasteiger partial charge < -0.3 is 5.73 Å². The first-order chi connectivity index (χ1) is 9.66. The second-order valence-corrected chi connectivity index (χ2v) is 4.72. The Labute approximate surface area is 132 Å². The number of carbonyl (C=O) groups excluding carboxylic acids is 1. The van der Waals surface area contributed by atoms with Crippen molar-refractivity contribution in [2.24, 2.45) is 5.73 Å². The predicted octanol–water partition coefficient (Wildman–Crippen LogP) is 2.66. The molecule has 0 fully saturated rings. The number of carbonyl (C=O) groups is 1. The van der Waals surface area contributed by atoms with Crippen LogP contribution in [0.3, 0.4) is 0 Å². The number of hydrogen-bond donors (Lipinski definition) is 1. The van der Waals surface area contributed by atoms with Gasteiger partial charge in [-0.25, -0.2) is 9.97 Å². The van der Waals surface area contributed by atoms with Gasteiger partial charge in [-0.1, -0.05) is 23.7 Å². The molecule has 0 aliphatic carbocycles. The fraction of sp³-hybridized carbons (Fsp3) is 0.0714. The molecule has 2 aromatic heterocycles. The van der Waals surface area contributed by atoms with E-state index in [0.29, 0.717) is 22.0 Å². The van der Waals surface area contributed by atoms with E-state index in [4.69, 9.17) is 17.3 Å². The normalized spacial score (nSPS) is 10.3. The number of halogens is 2. The SMILES string of the molecule is Cl.NC(=O)Cn1c(-c2ccccc2Cl)nc2cccnc21. The minimum atomic E-state index is -0.455. The van der Waals surface area contributed by atoms with Crippen molar-refractivity contribution in [1.29, 1.82) is 0 Å². The number of aromatic nitrogens is 3. The minimum absolute atomic E-state index is 0. The highest BCUT2D eigenvalue weighted by Gasteiger charge is 2.16. The average molecular weight is 323 g/mol. The third-order valence-electron chi connectivity index (χ3n) is 2.93. The van der Waals surface area contributed by atoms with Crippen LogP contribution in [0.25, 0.3) is 22.6 Å². The van der Waals surface area contributed by atoms with Crippen LogP contribution in [0.1, 0.15) is 0 Å². The van der Waals surface area contributed by atoms with Crippen molar-refractivity contribution < 1.29 is 4.79 Å². The molecular weight excluding hydrogens is 311 g/mol. The molecule has 0 atom stereocenters. The highest BCUT2D eigenvalue weighted by Crippen LogP contribution is 2.29. The number of hydrogen-bond acceptors (Lipinski definition) is 3. The van der Waals surface area contributed by atoms with Crippen molar-refractivity contribution in [3.8, 4) is 11.4 Å². The number of primary amides is 1. The molecule has 0 saturated heterocycles. The summed E-state index contributed by atoms with van der Waals surface area (Å²) in [7, 11) is 0. The maximum absolute atomic E-state index is 11.3. The number of rotatable bonds is 3. The predicted molar refractivity (Wildman–Crippen MR) is 84.4 cm³/mol. The molecule has 1 aromatic carbocycles. The van der Waals surface area contributed by atoms with Gasteiger partial charge in [0.1, 0.15) is 17.9 Å². The van der Waals surface area contributed by atoms with E-state index in [9.17, 15) is 4.79 Å². The largest absolute Gasteiger partial charge is 0.368 e. The molecule has 2 heterocycles. The Bertz CT molecular complexity index is 801. The summed E-state index contributed by atoms with van der Waals surface area (Å²) in [5.41, 5.74) is 7.37. The maximum Gasteiger partial charge on any atom is 0.237 e. The number of imidazole rings is 1. The van der Waals surface area contributed by atoms with Crippen molar-refractivity contribution in [1.82, 2.24) is 14.5 Å². The van der Waals surface area contributed by atoms with Crippen LogP contribution >= 0.6 is 24.0 Å². The average Bonchev–Trinajstić information content (AvgIpc) is 2.78. The van der Waals surface area contributed by atoms with E-state index in [0.717, 1.165) is 5.56 Å². The van der Waals surface area contributed by atoms with E-state index in [1.807, 2.05) is 24.3 Å². The summed E-state index contributed by atoms with van der Waals surface area (Å²) in [4.78, 5) is 20.1. The van der Waals surface area contributed by atoms with Crippen molar-refractivity contribution in [3.63, 3.8) is 0 Å². The number of pyridine rings is 1. The van der Waals surface area contributed by atoms with E-state index in [1.54, 1.807) is 22.9 Å². The van der Waals surface area contributed by atoms with Crippen LogP contribution in [-0.2, 0) is 11.3 Å². The smallest absolute Gasteiger partial charge is 0.237 e. The van der Waals surface area contributed by atoms with Gasteiger partial charge in [-0.3, -0.25) is 9.36 Å². The molecule has 0 unspecified atom stereocenters. The summed E-state index contributed by atoms with van der Waals surface area (Å²) >= 11 is 6.20.